The Bertz CT molecular complexity index is 616. The van der Waals surface area contributed by atoms with Gasteiger partial charge in [-0.15, -0.1) is 0 Å². The summed E-state index contributed by atoms with van der Waals surface area (Å²) < 4.78 is 37.6. The van der Waals surface area contributed by atoms with E-state index in [1.165, 1.54) is 24.6 Å². The Balaban J connectivity index is 2.49. The van der Waals surface area contributed by atoms with Crippen LogP contribution in [0.3, 0.4) is 0 Å². The summed E-state index contributed by atoms with van der Waals surface area (Å²) in [6.45, 7) is 2.60. The van der Waals surface area contributed by atoms with Gasteiger partial charge < -0.3 is 15.2 Å². The maximum Gasteiger partial charge on any atom is 0.243 e. The fraction of sp³-hybridized carbons (Fsp3) is 0.571. The third kappa shape index (κ3) is 2.86. The number of ether oxygens (including phenoxy) is 2. The average Bonchev–Trinajstić information content (AvgIpc) is 2.95. The number of benzene rings is 1. The molecule has 0 amide bonds. The highest BCUT2D eigenvalue weighted by Crippen LogP contribution is 2.35. The first-order valence-corrected chi connectivity index (χ1v) is 8.34. The summed E-state index contributed by atoms with van der Waals surface area (Å²) >= 11 is 0. The van der Waals surface area contributed by atoms with Crippen LogP contribution in [0.1, 0.15) is 18.4 Å². The Hall–Kier alpha value is -1.31. The SMILES string of the molecule is COc1cc(C)c(S(=O)(=O)N2CCCC2CN)cc1OC. The summed E-state index contributed by atoms with van der Waals surface area (Å²) in [4.78, 5) is 0.250. The van der Waals surface area contributed by atoms with Crippen molar-refractivity contribution in [3.8, 4) is 11.5 Å². The van der Waals surface area contributed by atoms with Gasteiger partial charge in [-0.3, -0.25) is 0 Å². The zero-order valence-corrected chi connectivity index (χ0v) is 13.4. The van der Waals surface area contributed by atoms with Crippen molar-refractivity contribution in [1.82, 2.24) is 4.31 Å². The number of sulfonamides is 1. The Morgan fingerprint density at radius 1 is 1.29 bits per heavy atom. The van der Waals surface area contributed by atoms with Crippen molar-refractivity contribution < 1.29 is 17.9 Å². The molecule has 118 valence electrons. The molecule has 21 heavy (non-hydrogen) atoms. The van der Waals surface area contributed by atoms with Crippen LogP contribution in [0.2, 0.25) is 0 Å². The highest BCUT2D eigenvalue weighted by Gasteiger charge is 2.35. The molecule has 1 saturated heterocycles. The van der Waals surface area contributed by atoms with Crippen LogP contribution in [0.4, 0.5) is 0 Å². The highest BCUT2D eigenvalue weighted by atomic mass is 32.2. The predicted molar refractivity (Wildman–Crippen MR) is 80.3 cm³/mol. The first-order valence-electron chi connectivity index (χ1n) is 6.90. The number of hydrogen-bond donors (Lipinski definition) is 1. The lowest BCUT2D eigenvalue weighted by atomic mass is 10.2. The van der Waals surface area contributed by atoms with Gasteiger partial charge in [0.05, 0.1) is 19.1 Å². The Labute approximate surface area is 125 Å². The molecule has 6 nitrogen and oxygen atoms in total. The summed E-state index contributed by atoms with van der Waals surface area (Å²) in [6.07, 6.45) is 1.65. The maximum absolute atomic E-state index is 12.9. The van der Waals surface area contributed by atoms with Crippen LogP contribution in [0, 0.1) is 6.92 Å². The molecular formula is C14H22N2O4S. The molecule has 1 aliphatic rings. The van der Waals surface area contributed by atoms with Gasteiger partial charge in [0.2, 0.25) is 10.0 Å². The molecule has 1 aliphatic heterocycles. The number of rotatable bonds is 5. The standard InChI is InChI=1S/C14H22N2O4S/c1-10-7-12(19-2)13(20-3)8-14(10)21(17,18)16-6-4-5-11(16)9-15/h7-8,11H,4-6,9,15H2,1-3H3. The van der Waals surface area contributed by atoms with Gasteiger partial charge in [-0.05, 0) is 31.4 Å². The van der Waals surface area contributed by atoms with E-state index in [1.807, 2.05) is 0 Å². The smallest absolute Gasteiger partial charge is 0.243 e. The molecular weight excluding hydrogens is 292 g/mol. The van der Waals surface area contributed by atoms with Gasteiger partial charge in [0.25, 0.3) is 0 Å². The van der Waals surface area contributed by atoms with Crippen molar-refractivity contribution >= 4 is 10.0 Å². The molecule has 1 fully saturated rings. The van der Waals surface area contributed by atoms with E-state index in [-0.39, 0.29) is 10.9 Å². The lowest BCUT2D eigenvalue weighted by Gasteiger charge is -2.24. The third-order valence-electron chi connectivity index (χ3n) is 3.86. The third-order valence-corrected chi connectivity index (χ3v) is 5.96. The second kappa shape index (κ2) is 6.21. The van der Waals surface area contributed by atoms with Gasteiger partial charge in [0.1, 0.15) is 0 Å². The first-order chi connectivity index (χ1) is 9.95. The topological polar surface area (TPSA) is 81.9 Å². The normalized spacial score (nSPS) is 19.7. The van der Waals surface area contributed by atoms with Gasteiger partial charge in [-0.1, -0.05) is 0 Å². The van der Waals surface area contributed by atoms with Crippen LogP contribution in [-0.2, 0) is 10.0 Å². The molecule has 2 N–H and O–H groups in total. The number of nitrogens with zero attached hydrogens (tertiary/aromatic N) is 1. The molecule has 0 bridgehead atoms. The van der Waals surface area contributed by atoms with Crippen LogP contribution in [-0.4, -0.2) is 46.1 Å². The van der Waals surface area contributed by atoms with Gasteiger partial charge in [0, 0.05) is 25.2 Å². The van der Waals surface area contributed by atoms with Gasteiger partial charge in [0.15, 0.2) is 11.5 Å². The minimum absolute atomic E-state index is 0.123. The van der Waals surface area contributed by atoms with Gasteiger partial charge in [-0.2, -0.15) is 4.31 Å². The first kappa shape index (κ1) is 16.1. The zero-order chi connectivity index (χ0) is 15.6. The van der Waals surface area contributed by atoms with E-state index in [0.717, 1.165) is 12.8 Å². The second-order valence-electron chi connectivity index (χ2n) is 5.12. The number of aryl methyl sites for hydroxylation is 1. The molecule has 1 unspecified atom stereocenters. The fourth-order valence-electron chi connectivity index (χ4n) is 2.73. The zero-order valence-electron chi connectivity index (χ0n) is 12.6. The number of nitrogens with two attached hydrogens (primary N) is 1. The van der Waals surface area contributed by atoms with E-state index in [0.29, 0.717) is 30.2 Å². The monoisotopic (exact) mass is 314 g/mol. The summed E-state index contributed by atoms with van der Waals surface area (Å²) in [7, 11) is -0.558. The molecule has 1 aromatic rings. The lowest BCUT2D eigenvalue weighted by Crippen LogP contribution is -2.40. The van der Waals surface area contributed by atoms with E-state index in [4.69, 9.17) is 15.2 Å². The second-order valence-corrected chi connectivity index (χ2v) is 6.98. The molecule has 1 heterocycles. The molecule has 0 saturated carbocycles. The highest BCUT2D eigenvalue weighted by molar-refractivity contribution is 7.89. The summed E-state index contributed by atoms with van der Waals surface area (Å²) in [5, 5.41) is 0. The molecule has 2 rings (SSSR count). The van der Waals surface area contributed by atoms with Crippen molar-refractivity contribution in [1.29, 1.82) is 0 Å². The summed E-state index contributed by atoms with van der Waals surface area (Å²) in [5.74, 6) is 0.927. The maximum atomic E-state index is 12.9. The molecule has 1 atom stereocenters. The fourth-order valence-corrected chi connectivity index (χ4v) is 4.66. The van der Waals surface area contributed by atoms with E-state index in [2.05, 4.69) is 0 Å². The molecule has 0 spiro atoms. The molecule has 0 aliphatic carbocycles. The average molecular weight is 314 g/mol. The quantitative estimate of drug-likeness (QED) is 0.881. The van der Waals surface area contributed by atoms with Crippen LogP contribution >= 0.6 is 0 Å². The molecule has 0 radical (unpaired) electrons. The van der Waals surface area contributed by atoms with Crippen molar-refractivity contribution in [2.45, 2.75) is 30.7 Å². The lowest BCUT2D eigenvalue weighted by molar-refractivity contribution is 0.352. The van der Waals surface area contributed by atoms with E-state index < -0.39 is 10.0 Å². The minimum atomic E-state index is -3.57. The number of hydrogen-bond acceptors (Lipinski definition) is 5. The van der Waals surface area contributed by atoms with E-state index >= 15 is 0 Å². The van der Waals surface area contributed by atoms with Crippen LogP contribution in [0.5, 0.6) is 11.5 Å². The van der Waals surface area contributed by atoms with Crippen LogP contribution in [0.25, 0.3) is 0 Å². The Morgan fingerprint density at radius 2 is 1.90 bits per heavy atom. The molecule has 7 heteroatoms. The predicted octanol–water partition coefficient (Wildman–Crippen LogP) is 1.12. The summed E-state index contributed by atoms with van der Waals surface area (Å²) in [6, 6.07) is 3.08. The largest absolute Gasteiger partial charge is 0.493 e. The Kier molecular flexibility index (Phi) is 4.75. The summed E-state index contributed by atoms with van der Waals surface area (Å²) in [5.41, 5.74) is 6.32. The van der Waals surface area contributed by atoms with E-state index in [1.54, 1.807) is 13.0 Å². The van der Waals surface area contributed by atoms with Crippen LogP contribution in [0.15, 0.2) is 17.0 Å². The van der Waals surface area contributed by atoms with Crippen molar-refractivity contribution in [3.05, 3.63) is 17.7 Å². The minimum Gasteiger partial charge on any atom is -0.493 e. The van der Waals surface area contributed by atoms with Crippen molar-refractivity contribution in [3.63, 3.8) is 0 Å². The molecule has 1 aromatic carbocycles. The van der Waals surface area contributed by atoms with Crippen LogP contribution < -0.4 is 15.2 Å². The van der Waals surface area contributed by atoms with Gasteiger partial charge >= 0.3 is 0 Å². The molecule has 0 aromatic heterocycles. The Morgan fingerprint density at radius 3 is 2.48 bits per heavy atom. The van der Waals surface area contributed by atoms with Crippen molar-refractivity contribution in [2.24, 2.45) is 5.73 Å². The number of methoxy groups -OCH3 is 2. The van der Waals surface area contributed by atoms with Crippen molar-refractivity contribution in [2.75, 3.05) is 27.3 Å². The van der Waals surface area contributed by atoms with E-state index in [9.17, 15) is 8.42 Å². The van der Waals surface area contributed by atoms with Gasteiger partial charge in [-0.25, -0.2) is 8.42 Å².